The van der Waals surface area contributed by atoms with E-state index in [1.54, 1.807) is 0 Å². The van der Waals surface area contributed by atoms with Gasteiger partial charge in [-0.1, -0.05) is 24.4 Å². The van der Waals surface area contributed by atoms with Crippen LogP contribution in [0.3, 0.4) is 0 Å². The Bertz CT molecular complexity index is 378. The van der Waals surface area contributed by atoms with Gasteiger partial charge < -0.3 is 9.84 Å². The van der Waals surface area contributed by atoms with Crippen LogP contribution in [0.5, 0.6) is 0 Å². The molecule has 1 heterocycles. The number of hydrogen-bond acceptors (Lipinski definition) is 4. The van der Waals surface area contributed by atoms with Crippen molar-refractivity contribution in [2.24, 2.45) is 5.92 Å². The molecule has 1 aromatic rings. The van der Waals surface area contributed by atoms with E-state index in [2.05, 4.69) is 22.5 Å². The quantitative estimate of drug-likeness (QED) is 0.891. The first-order chi connectivity index (χ1) is 8.85. The summed E-state index contributed by atoms with van der Waals surface area (Å²) in [7, 11) is 2.05. The molecule has 4 heteroatoms. The smallest absolute Gasteiger partial charge is 0.229 e. The fourth-order valence-electron chi connectivity index (χ4n) is 3.10. The molecule has 2 fully saturated rings. The molecular formula is C14H23N3O. The lowest BCUT2D eigenvalue weighted by molar-refractivity contribution is 0.282. The van der Waals surface area contributed by atoms with E-state index in [-0.39, 0.29) is 0 Å². The van der Waals surface area contributed by atoms with Crippen LogP contribution in [-0.4, -0.2) is 23.2 Å². The van der Waals surface area contributed by atoms with Crippen molar-refractivity contribution in [3.63, 3.8) is 0 Å². The molecule has 0 saturated heterocycles. The maximum Gasteiger partial charge on any atom is 0.229 e. The van der Waals surface area contributed by atoms with Gasteiger partial charge in [-0.15, -0.1) is 0 Å². The highest BCUT2D eigenvalue weighted by Gasteiger charge is 2.26. The zero-order valence-electron chi connectivity index (χ0n) is 11.2. The van der Waals surface area contributed by atoms with Crippen LogP contribution in [0, 0.1) is 5.92 Å². The first kappa shape index (κ1) is 12.2. The molecule has 0 radical (unpaired) electrons. The fourth-order valence-corrected chi connectivity index (χ4v) is 3.10. The van der Waals surface area contributed by atoms with Gasteiger partial charge in [-0.25, -0.2) is 0 Å². The lowest BCUT2D eigenvalue weighted by Crippen LogP contribution is -2.29. The molecule has 0 bridgehead atoms. The number of rotatable bonds is 4. The van der Waals surface area contributed by atoms with Crippen molar-refractivity contribution in [2.75, 3.05) is 7.05 Å². The van der Waals surface area contributed by atoms with E-state index in [9.17, 15) is 0 Å². The molecule has 0 amide bonds. The largest absolute Gasteiger partial charge is 0.339 e. The van der Waals surface area contributed by atoms with E-state index in [0.717, 1.165) is 24.1 Å². The Kier molecular flexibility index (Phi) is 3.64. The number of hydrogen-bond donors (Lipinski definition) is 1. The third-order valence-corrected chi connectivity index (χ3v) is 4.66. The van der Waals surface area contributed by atoms with Crippen molar-refractivity contribution < 1.29 is 4.52 Å². The number of aromatic nitrogens is 2. The fraction of sp³-hybridized carbons (Fsp3) is 0.857. The zero-order valence-corrected chi connectivity index (χ0v) is 11.2. The SMILES string of the molecule is CNC1CCC(c2nc(CC3CCC3)no2)CC1. The summed E-state index contributed by atoms with van der Waals surface area (Å²) in [6.45, 7) is 0. The molecule has 3 rings (SSSR count). The van der Waals surface area contributed by atoms with Crippen molar-refractivity contribution in [1.29, 1.82) is 0 Å². The van der Waals surface area contributed by atoms with Gasteiger partial charge in [0.1, 0.15) is 0 Å². The summed E-state index contributed by atoms with van der Waals surface area (Å²) < 4.78 is 5.46. The average Bonchev–Trinajstić information content (AvgIpc) is 2.83. The van der Waals surface area contributed by atoms with Crippen molar-refractivity contribution in [3.8, 4) is 0 Å². The second-order valence-electron chi connectivity index (χ2n) is 5.89. The van der Waals surface area contributed by atoms with E-state index in [1.807, 2.05) is 0 Å². The highest BCUT2D eigenvalue weighted by atomic mass is 16.5. The Morgan fingerprint density at radius 1 is 1.17 bits per heavy atom. The van der Waals surface area contributed by atoms with Gasteiger partial charge in [0, 0.05) is 18.4 Å². The minimum atomic E-state index is 0.497. The highest BCUT2D eigenvalue weighted by molar-refractivity contribution is 4.98. The molecule has 18 heavy (non-hydrogen) atoms. The van der Waals surface area contributed by atoms with Gasteiger partial charge in [0.15, 0.2) is 5.82 Å². The Morgan fingerprint density at radius 2 is 1.94 bits per heavy atom. The van der Waals surface area contributed by atoms with Gasteiger partial charge >= 0.3 is 0 Å². The lowest BCUT2D eigenvalue weighted by atomic mass is 9.83. The molecule has 1 aromatic heterocycles. The zero-order chi connectivity index (χ0) is 12.4. The van der Waals surface area contributed by atoms with E-state index < -0.39 is 0 Å². The van der Waals surface area contributed by atoms with Crippen LogP contribution in [0.15, 0.2) is 4.52 Å². The number of nitrogens with zero attached hydrogens (tertiary/aromatic N) is 2. The van der Waals surface area contributed by atoms with Crippen LogP contribution >= 0.6 is 0 Å². The van der Waals surface area contributed by atoms with Gasteiger partial charge in [-0.05, 0) is 38.6 Å². The van der Waals surface area contributed by atoms with Gasteiger partial charge in [0.2, 0.25) is 5.89 Å². The third kappa shape index (κ3) is 2.58. The Balaban J connectivity index is 1.56. The van der Waals surface area contributed by atoms with Crippen LogP contribution in [0.4, 0.5) is 0 Å². The van der Waals surface area contributed by atoms with Crippen molar-refractivity contribution >= 4 is 0 Å². The van der Waals surface area contributed by atoms with E-state index in [4.69, 9.17) is 4.52 Å². The van der Waals surface area contributed by atoms with Gasteiger partial charge in [-0.3, -0.25) is 0 Å². The molecule has 2 saturated carbocycles. The normalized spacial score (nSPS) is 29.2. The summed E-state index contributed by atoms with van der Waals surface area (Å²) in [6, 6.07) is 0.679. The number of nitrogens with one attached hydrogen (secondary N) is 1. The topological polar surface area (TPSA) is 51.0 Å². The third-order valence-electron chi connectivity index (χ3n) is 4.66. The second-order valence-corrected chi connectivity index (χ2v) is 5.89. The predicted molar refractivity (Wildman–Crippen MR) is 69.4 cm³/mol. The first-order valence-corrected chi connectivity index (χ1v) is 7.35. The van der Waals surface area contributed by atoms with Crippen LogP contribution in [0.1, 0.15) is 62.6 Å². The summed E-state index contributed by atoms with van der Waals surface area (Å²) in [5.41, 5.74) is 0. The maximum atomic E-state index is 5.46. The van der Waals surface area contributed by atoms with Crippen molar-refractivity contribution in [1.82, 2.24) is 15.5 Å². The molecule has 1 N–H and O–H groups in total. The Labute approximate surface area is 109 Å². The van der Waals surface area contributed by atoms with Crippen molar-refractivity contribution in [3.05, 3.63) is 11.7 Å². The standard InChI is InChI=1S/C14H23N3O/c1-15-12-7-5-11(6-8-12)14-16-13(17-18-14)9-10-3-2-4-10/h10-12,15H,2-9H2,1H3. The molecule has 0 aliphatic heterocycles. The highest BCUT2D eigenvalue weighted by Crippen LogP contribution is 2.33. The molecule has 2 aliphatic carbocycles. The molecule has 0 atom stereocenters. The van der Waals surface area contributed by atoms with Crippen molar-refractivity contribution in [2.45, 2.75) is 63.3 Å². The second kappa shape index (κ2) is 5.39. The molecular weight excluding hydrogens is 226 g/mol. The summed E-state index contributed by atoms with van der Waals surface area (Å²) >= 11 is 0. The van der Waals surface area contributed by atoms with Gasteiger partial charge in [0.05, 0.1) is 0 Å². The van der Waals surface area contributed by atoms with Crippen LogP contribution in [0.2, 0.25) is 0 Å². The molecule has 100 valence electrons. The molecule has 0 aromatic carbocycles. The average molecular weight is 249 g/mol. The lowest BCUT2D eigenvalue weighted by Gasteiger charge is -2.25. The Morgan fingerprint density at radius 3 is 2.56 bits per heavy atom. The monoisotopic (exact) mass is 249 g/mol. The summed E-state index contributed by atoms with van der Waals surface area (Å²) in [5.74, 6) is 3.14. The van der Waals surface area contributed by atoms with Crippen LogP contribution in [0.25, 0.3) is 0 Å². The van der Waals surface area contributed by atoms with E-state index >= 15 is 0 Å². The van der Waals surface area contributed by atoms with Crippen LogP contribution < -0.4 is 5.32 Å². The Hall–Kier alpha value is -0.900. The van der Waals surface area contributed by atoms with Gasteiger partial charge in [0.25, 0.3) is 0 Å². The summed E-state index contributed by atoms with van der Waals surface area (Å²) in [5, 5.41) is 7.51. The van der Waals surface area contributed by atoms with Crippen LogP contribution in [-0.2, 0) is 6.42 Å². The molecule has 0 spiro atoms. The summed E-state index contributed by atoms with van der Waals surface area (Å²) in [6.07, 6.45) is 9.89. The minimum absolute atomic E-state index is 0.497. The molecule has 2 aliphatic rings. The molecule has 4 nitrogen and oxygen atoms in total. The van der Waals surface area contributed by atoms with E-state index in [1.165, 1.54) is 44.9 Å². The predicted octanol–water partition coefficient (Wildman–Crippen LogP) is 2.66. The first-order valence-electron chi connectivity index (χ1n) is 7.35. The molecule has 0 unspecified atom stereocenters. The summed E-state index contributed by atoms with van der Waals surface area (Å²) in [4.78, 5) is 4.61. The van der Waals surface area contributed by atoms with E-state index in [0.29, 0.717) is 12.0 Å². The maximum absolute atomic E-state index is 5.46. The van der Waals surface area contributed by atoms with Gasteiger partial charge in [-0.2, -0.15) is 4.98 Å². The minimum Gasteiger partial charge on any atom is -0.339 e.